The number of allylic oxidation sites excluding steroid dienone is 2. The Hall–Kier alpha value is -1.88. The predicted molar refractivity (Wildman–Crippen MR) is 103 cm³/mol. The number of nitrogens with zero attached hydrogens (tertiary/aromatic N) is 1. The molecule has 0 radical (unpaired) electrons. The first-order valence-corrected chi connectivity index (χ1v) is 8.51. The largest absolute Gasteiger partial charge is 0.270 e. The Morgan fingerprint density at radius 2 is 1.87 bits per heavy atom. The van der Waals surface area contributed by atoms with Crippen molar-refractivity contribution in [1.29, 1.82) is 0 Å². The van der Waals surface area contributed by atoms with E-state index >= 15 is 0 Å². The van der Waals surface area contributed by atoms with Crippen molar-refractivity contribution in [3.8, 4) is 0 Å². The topological polar surface area (TPSA) is 20.3 Å². The number of rotatable bonds is 3. The van der Waals surface area contributed by atoms with E-state index in [2.05, 4.69) is 0 Å². The average Bonchev–Trinajstić information content (AvgIpc) is 2.82. The molecular weight excluding hydrogens is 346 g/mol. The highest BCUT2D eigenvalue weighted by Gasteiger charge is 2.32. The monoisotopic (exact) mass is 357 g/mol. The third-order valence-electron chi connectivity index (χ3n) is 3.20. The lowest BCUT2D eigenvalue weighted by Gasteiger charge is -2.14. The van der Waals surface area contributed by atoms with Gasteiger partial charge in [0.25, 0.3) is 5.91 Å². The summed E-state index contributed by atoms with van der Waals surface area (Å²) in [5.41, 5.74) is 1.77. The molecule has 2 aromatic carbocycles. The van der Waals surface area contributed by atoms with E-state index in [-0.39, 0.29) is 5.91 Å². The third kappa shape index (κ3) is 3.72. The zero-order valence-corrected chi connectivity index (χ0v) is 14.4. The Labute approximate surface area is 149 Å². The van der Waals surface area contributed by atoms with Crippen molar-refractivity contribution in [2.24, 2.45) is 0 Å². The van der Waals surface area contributed by atoms with Crippen LogP contribution in [0.25, 0.3) is 6.08 Å². The van der Waals surface area contributed by atoms with Crippen molar-refractivity contribution in [1.82, 2.24) is 0 Å². The Bertz CT molecular complexity index is 815. The minimum atomic E-state index is -0.125. The van der Waals surface area contributed by atoms with Gasteiger partial charge in [0.2, 0.25) is 0 Å². The second-order valence-corrected chi connectivity index (χ2v) is 6.90. The highest BCUT2D eigenvalue weighted by molar-refractivity contribution is 8.27. The number of benzene rings is 2. The maximum Gasteiger partial charge on any atom is 0.270 e. The summed E-state index contributed by atoms with van der Waals surface area (Å²) in [5.74, 6) is -0.125. The van der Waals surface area contributed by atoms with Crippen LogP contribution in [-0.2, 0) is 4.79 Å². The molecule has 2 nitrogen and oxygen atoms in total. The Balaban J connectivity index is 1.81. The number of thioether (sulfide) groups is 1. The van der Waals surface area contributed by atoms with Crippen molar-refractivity contribution in [2.45, 2.75) is 0 Å². The molecule has 5 heteroatoms. The molecular formula is C18H12ClNOS2. The first kappa shape index (κ1) is 16.0. The fourth-order valence-corrected chi connectivity index (χ4v) is 3.57. The van der Waals surface area contributed by atoms with Gasteiger partial charge in [0.15, 0.2) is 4.32 Å². The van der Waals surface area contributed by atoms with Crippen LogP contribution in [0.5, 0.6) is 0 Å². The van der Waals surface area contributed by atoms with E-state index in [1.165, 1.54) is 16.7 Å². The van der Waals surface area contributed by atoms with E-state index in [1.807, 2.05) is 48.6 Å². The highest BCUT2D eigenvalue weighted by Crippen LogP contribution is 2.35. The van der Waals surface area contributed by atoms with Gasteiger partial charge in [-0.25, -0.2) is 0 Å². The van der Waals surface area contributed by atoms with Crippen LogP contribution in [0.4, 0.5) is 5.69 Å². The van der Waals surface area contributed by atoms with Crippen LogP contribution in [-0.4, -0.2) is 10.2 Å². The van der Waals surface area contributed by atoms with Crippen LogP contribution in [0, 0.1) is 0 Å². The third-order valence-corrected chi connectivity index (χ3v) is 4.75. The molecule has 23 heavy (non-hydrogen) atoms. The minimum absolute atomic E-state index is 0.125. The van der Waals surface area contributed by atoms with Crippen molar-refractivity contribution in [2.75, 3.05) is 4.90 Å². The van der Waals surface area contributed by atoms with Gasteiger partial charge in [-0.15, -0.1) is 0 Å². The summed E-state index contributed by atoms with van der Waals surface area (Å²) in [5, 5.41) is 0.574. The van der Waals surface area contributed by atoms with Gasteiger partial charge in [-0.05, 0) is 29.8 Å². The lowest BCUT2D eigenvalue weighted by molar-refractivity contribution is -0.113. The molecule has 3 rings (SSSR count). The fourth-order valence-electron chi connectivity index (χ4n) is 2.13. The molecule has 0 atom stereocenters. The lowest BCUT2D eigenvalue weighted by atomic mass is 10.2. The summed E-state index contributed by atoms with van der Waals surface area (Å²) in [7, 11) is 0. The molecule has 1 saturated heterocycles. The fraction of sp³-hybridized carbons (Fsp3) is 0. The molecule has 2 aromatic rings. The number of carbonyl (C=O) groups excluding carboxylic acids is 1. The smallest absolute Gasteiger partial charge is 0.268 e. The number of carbonyl (C=O) groups is 1. The molecule has 0 N–H and O–H groups in total. The SMILES string of the molecule is O=C1C(=CC=Cc2ccccc2)SC(=S)N1c1cccc(Cl)c1. The summed E-state index contributed by atoms with van der Waals surface area (Å²) in [6.07, 6.45) is 5.60. The Morgan fingerprint density at radius 3 is 2.61 bits per heavy atom. The zero-order valence-electron chi connectivity index (χ0n) is 12.0. The molecule has 1 aliphatic heterocycles. The summed E-state index contributed by atoms with van der Waals surface area (Å²) >= 11 is 12.6. The first-order chi connectivity index (χ1) is 11.1. The molecule has 1 aliphatic rings. The molecule has 0 unspecified atom stereocenters. The van der Waals surface area contributed by atoms with E-state index < -0.39 is 0 Å². The maximum atomic E-state index is 12.5. The van der Waals surface area contributed by atoms with Crippen LogP contribution in [0.2, 0.25) is 5.02 Å². The van der Waals surface area contributed by atoms with Gasteiger partial charge in [-0.1, -0.05) is 84.1 Å². The summed E-state index contributed by atoms with van der Waals surface area (Å²) in [6, 6.07) is 17.0. The van der Waals surface area contributed by atoms with Gasteiger partial charge in [0.1, 0.15) is 0 Å². The number of anilines is 1. The Kier molecular flexibility index (Phi) is 4.96. The van der Waals surface area contributed by atoms with Crippen LogP contribution in [0.15, 0.2) is 71.7 Å². The van der Waals surface area contributed by atoms with Gasteiger partial charge in [0.05, 0.1) is 10.6 Å². The molecule has 1 amide bonds. The number of thiocarbonyl (C=S) groups is 1. The Morgan fingerprint density at radius 1 is 1.09 bits per heavy atom. The number of halogens is 1. The molecule has 1 heterocycles. The predicted octanol–water partition coefficient (Wildman–Crippen LogP) is 5.30. The molecule has 0 bridgehead atoms. The van der Waals surface area contributed by atoms with E-state index in [0.717, 1.165) is 5.56 Å². The summed E-state index contributed by atoms with van der Waals surface area (Å²) in [6.45, 7) is 0. The molecule has 0 aromatic heterocycles. The highest BCUT2D eigenvalue weighted by atomic mass is 35.5. The van der Waals surface area contributed by atoms with Crippen LogP contribution >= 0.6 is 35.6 Å². The van der Waals surface area contributed by atoms with E-state index in [1.54, 1.807) is 24.3 Å². The number of hydrogen-bond donors (Lipinski definition) is 0. The lowest BCUT2D eigenvalue weighted by Crippen LogP contribution is -2.27. The maximum absolute atomic E-state index is 12.5. The van der Waals surface area contributed by atoms with E-state index in [0.29, 0.717) is 19.9 Å². The standard InChI is InChI=1S/C18H12ClNOS2/c19-14-9-5-10-15(12-14)20-17(21)16(23-18(20)22)11-4-8-13-6-2-1-3-7-13/h1-12H. The van der Waals surface area contributed by atoms with Gasteiger partial charge in [-0.2, -0.15) is 0 Å². The minimum Gasteiger partial charge on any atom is -0.268 e. The van der Waals surface area contributed by atoms with Gasteiger partial charge >= 0.3 is 0 Å². The average molecular weight is 358 g/mol. The first-order valence-electron chi connectivity index (χ1n) is 6.90. The molecule has 114 valence electrons. The zero-order chi connectivity index (χ0) is 16.2. The van der Waals surface area contributed by atoms with Crippen molar-refractivity contribution in [3.05, 3.63) is 82.2 Å². The normalized spacial score (nSPS) is 16.7. The second-order valence-electron chi connectivity index (χ2n) is 4.79. The van der Waals surface area contributed by atoms with Crippen LogP contribution in [0.1, 0.15) is 5.56 Å². The molecule has 0 spiro atoms. The van der Waals surface area contributed by atoms with Crippen molar-refractivity contribution >= 4 is 57.6 Å². The van der Waals surface area contributed by atoms with Gasteiger partial charge in [-0.3, -0.25) is 9.69 Å². The molecule has 0 aliphatic carbocycles. The van der Waals surface area contributed by atoms with Gasteiger partial charge < -0.3 is 0 Å². The number of amides is 1. The quantitative estimate of drug-likeness (QED) is 0.549. The van der Waals surface area contributed by atoms with Gasteiger partial charge in [0, 0.05) is 5.02 Å². The number of hydrogen-bond acceptors (Lipinski definition) is 3. The summed E-state index contributed by atoms with van der Waals surface area (Å²) < 4.78 is 0.511. The van der Waals surface area contributed by atoms with Crippen molar-refractivity contribution < 1.29 is 4.79 Å². The molecule has 0 saturated carbocycles. The molecule has 1 fully saturated rings. The summed E-state index contributed by atoms with van der Waals surface area (Å²) in [4.78, 5) is 14.6. The van der Waals surface area contributed by atoms with Crippen LogP contribution < -0.4 is 4.90 Å². The van der Waals surface area contributed by atoms with E-state index in [4.69, 9.17) is 23.8 Å². The second kappa shape index (κ2) is 7.13. The van der Waals surface area contributed by atoms with E-state index in [9.17, 15) is 4.79 Å². The van der Waals surface area contributed by atoms with Crippen LogP contribution in [0.3, 0.4) is 0 Å². The van der Waals surface area contributed by atoms with Crippen molar-refractivity contribution in [3.63, 3.8) is 0 Å².